The highest BCUT2D eigenvalue weighted by Gasteiger charge is 2.24. The van der Waals surface area contributed by atoms with Crippen molar-refractivity contribution in [3.63, 3.8) is 0 Å². The Morgan fingerprint density at radius 3 is 2.31 bits per heavy atom. The molecule has 0 atom stereocenters. The highest BCUT2D eigenvalue weighted by Crippen LogP contribution is 2.24. The maximum Gasteiger partial charge on any atom is 0.246 e. The van der Waals surface area contributed by atoms with Crippen molar-refractivity contribution >= 4 is 5.91 Å². The Balaban J connectivity index is 2.25. The van der Waals surface area contributed by atoms with Crippen LogP contribution in [0.15, 0.2) is 0 Å². The lowest BCUT2D eigenvalue weighted by atomic mass is 10.1. The minimum atomic E-state index is -0.297. The van der Waals surface area contributed by atoms with Crippen molar-refractivity contribution < 1.29 is 9.63 Å². The summed E-state index contributed by atoms with van der Waals surface area (Å²) in [6.07, 6.45) is 4.37. The van der Waals surface area contributed by atoms with Gasteiger partial charge >= 0.3 is 0 Å². The molecule has 1 aliphatic carbocycles. The van der Waals surface area contributed by atoms with E-state index in [1.165, 1.54) is 12.8 Å². The molecular weight excluding hydrogens is 166 g/mol. The summed E-state index contributed by atoms with van der Waals surface area (Å²) in [7, 11) is 0. The standard InChI is InChI=1S/C10H19NO2/c1-10(2,3)13-11-9(12)8-6-4-5-7-8/h8H,4-7H2,1-3H3,(H,11,12). The van der Waals surface area contributed by atoms with Gasteiger partial charge in [0, 0.05) is 5.92 Å². The zero-order valence-corrected chi connectivity index (χ0v) is 8.72. The molecule has 0 aromatic rings. The molecule has 1 rings (SSSR count). The SMILES string of the molecule is CC(C)(C)ONC(=O)C1CCCC1. The number of hydrogen-bond acceptors (Lipinski definition) is 2. The Hall–Kier alpha value is -0.570. The van der Waals surface area contributed by atoms with Gasteiger partial charge in [0.15, 0.2) is 0 Å². The summed E-state index contributed by atoms with van der Waals surface area (Å²) in [5.74, 6) is 0.231. The van der Waals surface area contributed by atoms with Crippen LogP contribution in [0.25, 0.3) is 0 Å². The first-order valence-electron chi connectivity index (χ1n) is 4.97. The van der Waals surface area contributed by atoms with Crippen LogP contribution in [0.3, 0.4) is 0 Å². The van der Waals surface area contributed by atoms with Crippen molar-refractivity contribution in [3.8, 4) is 0 Å². The third-order valence-electron chi connectivity index (χ3n) is 2.18. The molecule has 3 nitrogen and oxygen atoms in total. The first-order chi connectivity index (χ1) is 5.99. The van der Waals surface area contributed by atoms with Crippen LogP contribution in [0, 0.1) is 5.92 Å². The predicted molar refractivity (Wildman–Crippen MR) is 50.9 cm³/mol. The van der Waals surface area contributed by atoms with E-state index in [0.717, 1.165) is 12.8 Å². The average molecular weight is 185 g/mol. The van der Waals surface area contributed by atoms with Crippen LogP contribution < -0.4 is 5.48 Å². The Morgan fingerprint density at radius 1 is 1.31 bits per heavy atom. The van der Waals surface area contributed by atoms with E-state index >= 15 is 0 Å². The third kappa shape index (κ3) is 3.77. The summed E-state index contributed by atoms with van der Waals surface area (Å²) in [5.41, 5.74) is 2.23. The monoisotopic (exact) mass is 185 g/mol. The van der Waals surface area contributed by atoms with Crippen molar-refractivity contribution in [1.82, 2.24) is 5.48 Å². The van der Waals surface area contributed by atoms with Gasteiger partial charge in [0.05, 0.1) is 5.60 Å². The second-order valence-corrected chi connectivity index (χ2v) is 4.66. The molecule has 3 heteroatoms. The summed E-state index contributed by atoms with van der Waals surface area (Å²) in [4.78, 5) is 16.7. The van der Waals surface area contributed by atoms with Crippen LogP contribution >= 0.6 is 0 Å². The van der Waals surface area contributed by atoms with E-state index in [9.17, 15) is 4.79 Å². The van der Waals surface area contributed by atoms with E-state index in [0.29, 0.717) is 0 Å². The minimum absolute atomic E-state index is 0.0485. The van der Waals surface area contributed by atoms with Gasteiger partial charge in [0.1, 0.15) is 0 Å². The van der Waals surface area contributed by atoms with E-state index in [4.69, 9.17) is 4.84 Å². The fourth-order valence-corrected chi connectivity index (χ4v) is 1.47. The fraction of sp³-hybridized carbons (Fsp3) is 0.900. The lowest BCUT2D eigenvalue weighted by molar-refractivity contribution is -0.149. The van der Waals surface area contributed by atoms with Gasteiger partial charge in [-0.15, -0.1) is 0 Å². The van der Waals surface area contributed by atoms with Gasteiger partial charge in [-0.25, -0.2) is 5.48 Å². The Morgan fingerprint density at radius 2 is 1.85 bits per heavy atom. The topological polar surface area (TPSA) is 38.3 Å². The number of carbonyl (C=O) groups is 1. The summed E-state index contributed by atoms with van der Waals surface area (Å²) >= 11 is 0. The average Bonchev–Trinajstić information content (AvgIpc) is 2.50. The molecule has 0 bridgehead atoms. The van der Waals surface area contributed by atoms with Crippen LogP contribution in [-0.2, 0) is 9.63 Å². The second kappa shape index (κ2) is 4.09. The molecule has 1 aliphatic rings. The number of rotatable bonds is 2. The molecule has 1 fully saturated rings. The number of amides is 1. The van der Waals surface area contributed by atoms with E-state index in [-0.39, 0.29) is 17.4 Å². The van der Waals surface area contributed by atoms with E-state index < -0.39 is 0 Å². The predicted octanol–water partition coefficient (Wildman–Crippen LogP) is 2.02. The lowest BCUT2D eigenvalue weighted by Gasteiger charge is -2.20. The molecule has 13 heavy (non-hydrogen) atoms. The lowest BCUT2D eigenvalue weighted by Crippen LogP contribution is -2.36. The highest BCUT2D eigenvalue weighted by atomic mass is 16.7. The Bertz CT molecular complexity index is 178. The number of hydroxylamine groups is 1. The largest absolute Gasteiger partial charge is 0.272 e. The highest BCUT2D eigenvalue weighted by molar-refractivity contribution is 5.77. The second-order valence-electron chi connectivity index (χ2n) is 4.66. The third-order valence-corrected chi connectivity index (χ3v) is 2.18. The van der Waals surface area contributed by atoms with Gasteiger partial charge in [0.2, 0.25) is 5.91 Å². The van der Waals surface area contributed by atoms with Gasteiger partial charge in [-0.1, -0.05) is 12.8 Å². The van der Waals surface area contributed by atoms with Crippen molar-refractivity contribution in [2.45, 2.75) is 52.1 Å². The molecule has 76 valence electrons. The summed E-state index contributed by atoms with van der Waals surface area (Å²) in [6, 6.07) is 0. The van der Waals surface area contributed by atoms with Crippen LogP contribution in [0.2, 0.25) is 0 Å². The van der Waals surface area contributed by atoms with Gasteiger partial charge in [-0.3, -0.25) is 9.63 Å². The molecule has 0 aromatic heterocycles. The van der Waals surface area contributed by atoms with Gasteiger partial charge < -0.3 is 0 Å². The normalized spacial score (nSPS) is 19.0. The Labute approximate surface area is 79.8 Å². The summed E-state index contributed by atoms with van der Waals surface area (Å²) < 4.78 is 0. The molecule has 0 aliphatic heterocycles. The fourth-order valence-electron chi connectivity index (χ4n) is 1.47. The summed E-state index contributed by atoms with van der Waals surface area (Å²) in [6.45, 7) is 5.76. The van der Waals surface area contributed by atoms with Crippen LogP contribution in [-0.4, -0.2) is 11.5 Å². The molecule has 1 N–H and O–H groups in total. The van der Waals surface area contributed by atoms with E-state index in [2.05, 4.69) is 5.48 Å². The Kier molecular flexibility index (Phi) is 3.31. The molecule has 0 unspecified atom stereocenters. The van der Waals surface area contributed by atoms with Crippen molar-refractivity contribution in [3.05, 3.63) is 0 Å². The number of nitrogens with one attached hydrogen (secondary N) is 1. The zero-order chi connectivity index (χ0) is 9.90. The van der Waals surface area contributed by atoms with Gasteiger partial charge in [-0.05, 0) is 33.6 Å². The van der Waals surface area contributed by atoms with Crippen molar-refractivity contribution in [2.24, 2.45) is 5.92 Å². The molecule has 1 amide bonds. The number of hydrogen-bond donors (Lipinski definition) is 1. The number of carbonyl (C=O) groups excluding carboxylic acids is 1. The first-order valence-corrected chi connectivity index (χ1v) is 4.97. The molecule has 0 aromatic carbocycles. The molecule has 1 saturated carbocycles. The summed E-state index contributed by atoms with van der Waals surface area (Å²) in [5, 5.41) is 0. The molecular formula is C10H19NO2. The maximum absolute atomic E-state index is 11.5. The zero-order valence-electron chi connectivity index (χ0n) is 8.72. The smallest absolute Gasteiger partial charge is 0.246 e. The van der Waals surface area contributed by atoms with Crippen LogP contribution in [0.5, 0.6) is 0 Å². The van der Waals surface area contributed by atoms with Crippen molar-refractivity contribution in [1.29, 1.82) is 0 Å². The van der Waals surface area contributed by atoms with Crippen molar-refractivity contribution in [2.75, 3.05) is 0 Å². The molecule has 0 heterocycles. The van der Waals surface area contributed by atoms with Gasteiger partial charge in [0.25, 0.3) is 0 Å². The quantitative estimate of drug-likeness (QED) is 0.668. The molecule has 0 spiro atoms. The molecule has 0 radical (unpaired) electrons. The first kappa shape index (κ1) is 10.5. The maximum atomic E-state index is 11.5. The van der Waals surface area contributed by atoms with Crippen LogP contribution in [0.4, 0.5) is 0 Å². The van der Waals surface area contributed by atoms with Crippen LogP contribution in [0.1, 0.15) is 46.5 Å². The van der Waals surface area contributed by atoms with Gasteiger partial charge in [-0.2, -0.15) is 0 Å². The van der Waals surface area contributed by atoms with E-state index in [1.54, 1.807) is 0 Å². The minimum Gasteiger partial charge on any atom is -0.272 e. The van der Waals surface area contributed by atoms with E-state index in [1.807, 2.05) is 20.8 Å². The molecule has 0 saturated heterocycles.